The minimum absolute atomic E-state index is 0.215. The molecule has 31 heavy (non-hydrogen) atoms. The first-order valence-corrected chi connectivity index (χ1v) is 10.4. The highest BCUT2D eigenvalue weighted by Gasteiger charge is 2.35. The van der Waals surface area contributed by atoms with E-state index in [2.05, 4.69) is 0 Å². The van der Waals surface area contributed by atoms with Crippen molar-refractivity contribution in [1.82, 2.24) is 4.90 Å². The number of nitrogens with zero attached hydrogens (tertiary/aromatic N) is 1. The number of imide groups is 1. The van der Waals surface area contributed by atoms with E-state index in [0.29, 0.717) is 27.7 Å². The van der Waals surface area contributed by atoms with Crippen molar-refractivity contribution < 1.29 is 23.8 Å². The fourth-order valence-electron chi connectivity index (χ4n) is 3.54. The first-order chi connectivity index (χ1) is 15.0. The molecule has 0 aliphatic carbocycles. The van der Waals surface area contributed by atoms with Crippen LogP contribution in [-0.4, -0.2) is 37.4 Å². The molecule has 0 atom stereocenters. The Balaban J connectivity index is 1.66. The second kappa shape index (κ2) is 8.73. The van der Waals surface area contributed by atoms with E-state index in [1.165, 1.54) is 26.2 Å². The molecule has 3 aromatic carbocycles. The number of thioether (sulfide) groups is 1. The predicted octanol–water partition coefficient (Wildman–Crippen LogP) is 5.10. The summed E-state index contributed by atoms with van der Waals surface area (Å²) in [5, 5.41) is 1.79. The molecule has 4 rings (SSSR count). The molecule has 3 aromatic rings. The number of rotatable bonds is 6. The van der Waals surface area contributed by atoms with E-state index in [-0.39, 0.29) is 17.7 Å². The monoisotopic (exact) mass is 435 g/mol. The van der Waals surface area contributed by atoms with Gasteiger partial charge in [0.15, 0.2) is 11.5 Å². The third-order valence-electron chi connectivity index (χ3n) is 5.10. The van der Waals surface area contributed by atoms with E-state index in [1.807, 2.05) is 42.5 Å². The molecule has 0 aromatic heterocycles. The van der Waals surface area contributed by atoms with Crippen LogP contribution in [0.15, 0.2) is 59.5 Å². The van der Waals surface area contributed by atoms with Crippen molar-refractivity contribution in [1.29, 1.82) is 0 Å². The number of hydrogen-bond acceptors (Lipinski definition) is 6. The minimum Gasteiger partial charge on any atom is -0.496 e. The van der Waals surface area contributed by atoms with Crippen LogP contribution in [0.3, 0.4) is 0 Å². The Kier molecular flexibility index (Phi) is 5.86. The molecule has 0 radical (unpaired) electrons. The summed E-state index contributed by atoms with van der Waals surface area (Å²) < 4.78 is 16.1. The van der Waals surface area contributed by atoms with Gasteiger partial charge in [-0.3, -0.25) is 14.5 Å². The summed E-state index contributed by atoms with van der Waals surface area (Å²) in [4.78, 5) is 27.3. The lowest BCUT2D eigenvalue weighted by Gasteiger charge is -2.14. The summed E-state index contributed by atoms with van der Waals surface area (Å²) in [6.45, 7) is 0.215. The van der Waals surface area contributed by atoms with Gasteiger partial charge < -0.3 is 14.2 Å². The van der Waals surface area contributed by atoms with Crippen molar-refractivity contribution in [3.63, 3.8) is 0 Å². The fraction of sp³-hybridized carbons (Fsp3) is 0.167. The first-order valence-electron chi connectivity index (χ1n) is 9.57. The Labute approximate surface area is 184 Å². The zero-order chi connectivity index (χ0) is 22.0. The Morgan fingerprint density at radius 3 is 2.29 bits per heavy atom. The highest BCUT2D eigenvalue weighted by atomic mass is 32.2. The third-order valence-corrected chi connectivity index (χ3v) is 6.01. The molecule has 1 heterocycles. The van der Waals surface area contributed by atoms with Crippen molar-refractivity contribution in [3.8, 4) is 17.2 Å². The van der Waals surface area contributed by atoms with Crippen LogP contribution in [0.4, 0.5) is 4.79 Å². The molecule has 1 saturated heterocycles. The van der Waals surface area contributed by atoms with Crippen LogP contribution < -0.4 is 14.2 Å². The molecule has 158 valence electrons. The molecule has 2 amide bonds. The fourth-order valence-corrected chi connectivity index (χ4v) is 4.37. The van der Waals surface area contributed by atoms with Crippen molar-refractivity contribution in [2.45, 2.75) is 6.54 Å². The van der Waals surface area contributed by atoms with Gasteiger partial charge in [0.1, 0.15) is 5.75 Å². The zero-order valence-corrected chi connectivity index (χ0v) is 18.2. The van der Waals surface area contributed by atoms with E-state index in [1.54, 1.807) is 18.2 Å². The van der Waals surface area contributed by atoms with Crippen LogP contribution in [-0.2, 0) is 11.3 Å². The van der Waals surface area contributed by atoms with Gasteiger partial charge in [-0.25, -0.2) is 0 Å². The molecule has 1 aliphatic heterocycles. The van der Waals surface area contributed by atoms with Crippen LogP contribution in [0.5, 0.6) is 17.2 Å². The Morgan fingerprint density at radius 1 is 0.871 bits per heavy atom. The molecule has 0 spiro atoms. The number of hydrogen-bond donors (Lipinski definition) is 0. The normalized spacial score (nSPS) is 15.1. The largest absolute Gasteiger partial charge is 0.496 e. The van der Waals surface area contributed by atoms with Crippen LogP contribution in [0.25, 0.3) is 16.8 Å². The smallest absolute Gasteiger partial charge is 0.293 e. The minimum atomic E-state index is -0.334. The SMILES string of the molecule is COc1cc(OC)c(OC)cc1/C=C1/SC(=O)N(Cc2cccc3ccccc23)C1=O. The van der Waals surface area contributed by atoms with Gasteiger partial charge in [-0.05, 0) is 40.2 Å². The van der Waals surface area contributed by atoms with E-state index >= 15 is 0 Å². The van der Waals surface area contributed by atoms with Crippen LogP contribution >= 0.6 is 11.8 Å². The molecule has 0 saturated carbocycles. The van der Waals surface area contributed by atoms with Gasteiger partial charge in [0, 0.05) is 11.6 Å². The summed E-state index contributed by atoms with van der Waals surface area (Å²) in [5.41, 5.74) is 1.54. The van der Waals surface area contributed by atoms with Gasteiger partial charge in [0.05, 0.1) is 32.8 Å². The molecule has 6 nitrogen and oxygen atoms in total. The number of amides is 2. The molecule has 7 heteroatoms. The molecule has 0 bridgehead atoms. The van der Waals surface area contributed by atoms with Crippen molar-refractivity contribution in [2.24, 2.45) is 0 Å². The van der Waals surface area contributed by atoms with E-state index in [0.717, 1.165) is 28.1 Å². The second-order valence-corrected chi connectivity index (χ2v) is 7.85. The number of methoxy groups -OCH3 is 3. The highest BCUT2D eigenvalue weighted by Crippen LogP contribution is 2.39. The van der Waals surface area contributed by atoms with Crippen LogP contribution in [0.2, 0.25) is 0 Å². The Hall–Kier alpha value is -3.45. The van der Waals surface area contributed by atoms with Crippen molar-refractivity contribution in [2.75, 3.05) is 21.3 Å². The van der Waals surface area contributed by atoms with Crippen molar-refractivity contribution >= 4 is 39.8 Å². The molecular formula is C24H21NO5S. The van der Waals surface area contributed by atoms with Gasteiger partial charge in [0.25, 0.3) is 11.1 Å². The average molecular weight is 436 g/mol. The lowest BCUT2D eigenvalue weighted by atomic mass is 10.0. The summed E-state index contributed by atoms with van der Waals surface area (Å²) in [5.74, 6) is 1.20. The van der Waals surface area contributed by atoms with E-state index < -0.39 is 0 Å². The molecular weight excluding hydrogens is 414 g/mol. The second-order valence-electron chi connectivity index (χ2n) is 6.86. The number of ether oxygens (including phenoxy) is 3. The Bertz CT molecular complexity index is 1200. The summed E-state index contributed by atoms with van der Waals surface area (Å²) >= 11 is 0.915. The van der Waals surface area contributed by atoms with Gasteiger partial charge >= 0.3 is 0 Å². The van der Waals surface area contributed by atoms with Crippen molar-refractivity contribution in [3.05, 3.63) is 70.6 Å². The first kappa shape index (κ1) is 20.8. The number of benzene rings is 3. The number of carbonyl (C=O) groups is 2. The topological polar surface area (TPSA) is 65.1 Å². The predicted molar refractivity (Wildman–Crippen MR) is 122 cm³/mol. The third kappa shape index (κ3) is 3.96. The molecule has 0 unspecified atom stereocenters. The van der Waals surface area contributed by atoms with Gasteiger partial charge in [-0.1, -0.05) is 42.5 Å². The highest BCUT2D eigenvalue weighted by molar-refractivity contribution is 8.18. The van der Waals surface area contributed by atoms with Gasteiger partial charge in [-0.15, -0.1) is 0 Å². The number of fused-ring (bicyclic) bond motifs is 1. The molecule has 1 fully saturated rings. The maximum atomic E-state index is 13.1. The summed E-state index contributed by atoms with van der Waals surface area (Å²) in [6, 6.07) is 17.2. The molecule has 0 N–H and O–H groups in total. The lowest BCUT2D eigenvalue weighted by molar-refractivity contribution is -0.123. The maximum Gasteiger partial charge on any atom is 0.293 e. The Morgan fingerprint density at radius 2 is 1.55 bits per heavy atom. The van der Waals surface area contributed by atoms with Gasteiger partial charge in [0.2, 0.25) is 0 Å². The maximum absolute atomic E-state index is 13.1. The lowest BCUT2D eigenvalue weighted by Crippen LogP contribution is -2.27. The zero-order valence-electron chi connectivity index (χ0n) is 17.4. The van der Waals surface area contributed by atoms with E-state index in [4.69, 9.17) is 14.2 Å². The summed E-state index contributed by atoms with van der Waals surface area (Å²) in [7, 11) is 4.60. The van der Waals surface area contributed by atoms with Crippen LogP contribution in [0, 0.1) is 0 Å². The average Bonchev–Trinajstić information content (AvgIpc) is 3.06. The standard InChI is InChI=1S/C24H21NO5S/c1-28-19-13-21(30-3)20(29-2)11-17(19)12-22-23(26)25(24(27)31-22)14-16-9-6-8-15-7-4-5-10-18(15)16/h4-13H,14H2,1-3H3/b22-12+. The van der Waals surface area contributed by atoms with Crippen LogP contribution in [0.1, 0.15) is 11.1 Å². The van der Waals surface area contributed by atoms with Gasteiger partial charge in [-0.2, -0.15) is 0 Å². The summed E-state index contributed by atoms with van der Waals surface area (Å²) in [6.07, 6.45) is 1.65. The van der Waals surface area contributed by atoms with E-state index in [9.17, 15) is 9.59 Å². The molecule has 1 aliphatic rings. The number of carbonyl (C=O) groups excluding carboxylic acids is 2. The quantitative estimate of drug-likeness (QED) is 0.502.